The van der Waals surface area contributed by atoms with Crippen molar-refractivity contribution < 1.29 is 19.1 Å². The standard InChI is InChI=1S/C14H18N2O4/c1-8(14(15)19)16-13(18)7-11-6-10(9(2)17)4-5-12(11)20-3/h4-6,8H,7H2,1-3H3,(H2,15,19)(H,16,18). The van der Waals surface area contributed by atoms with Crippen molar-refractivity contribution in [1.29, 1.82) is 0 Å². The zero-order valence-electron chi connectivity index (χ0n) is 11.7. The minimum atomic E-state index is -0.746. The number of nitrogens with two attached hydrogens (primary N) is 1. The SMILES string of the molecule is COc1ccc(C(C)=O)cc1CC(=O)NC(C)C(N)=O. The minimum Gasteiger partial charge on any atom is -0.496 e. The van der Waals surface area contributed by atoms with Crippen LogP contribution in [0, 0.1) is 0 Å². The Hall–Kier alpha value is -2.37. The smallest absolute Gasteiger partial charge is 0.239 e. The highest BCUT2D eigenvalue weighted by molar-refractivity contribution is 5.95. The number of benzene rings is 1. The maximum atomic E-state index is 11.8. The highest BCUT2D eigenvalue weighted by Crippen LogP contribution is 2.20. The van der Waals surface area contributed by atoms with Crippen molar-refractivity contribution in [2.75, 3.05) is 7.11 Å². The number of amides is 2. The average Bonchev–Trinajstić information content (AvgIpc) is 2.38. The van der Waals surface area contributed by atoms with Gasteiger partial charge in [-0.15, -0.1) is 0 Å². The Labute approximate surface area is 117 Å². The maximum absolute atomic E-state index is 11.8. The van der Waals surface area contributed by atoms with Crippen molar-refractivity contribution in [3.63, 3.8) is 0 Å². The second-order valence-corrected chi connectivity index (χ2v) is 4.45. The summed E-state index contributed by atoms with van der Waals surface area (Å²) in [5.74, 6) is -0.560. The van der Waals surface area contributed by atoms with Crippen molar-refractivity contribution in [1.82, 2.24) is 5.32 Å². The van der Waals surface area contributed by atoms with Gasteiger partial charge in [0, 0.05) is 11.1 Å². The summed E-state index contributed by atoms with van der Waals surface area (Å²) in [4.78, 5) is 34.1. The number of nitrogens with one attached hydrogen (secondary N) is 1. The van der Waals surface area contributed by atoms with Gasteiger partial charge in [-0.3, -0.25) is 14.4 Å². The Bertz CT molecular complexity index is 540. The van der Waals surface area contributed by atoms with Crippen molar-refractivity contribution in [2.45, 2.75) is 26.3 Å². The van der Waals surface area contributed by atoms with Gasteiger partial charge >= 0.3 is 0 Å². The van der Waals surface area contributed by atoms with Gasteiger partial charge in [0.25, 0.3) is 0 Å². The summed E-state index contributed by atoms with van der Waals surface area (Å²) >= 11 is 0. The molecule has 1 unspecified atom stereocenters. The van der Waals surface area contributed by atoms with Crippen LogP contribution in [0.3, 0.4) is 0 Å². The monoisotopic (exact) mass is 278 g/mol. The molecule has 6 nitrogen and oxygen atoms in total. The molecule has 6 heteroatoms. The van der Waals surface area contributed by atoms with Crippen LogP contribution in [-0.4, -0.2) is 30.7 Å². The molecule has 0 spiro atoms. The van der Waals surface area contributed by atoms with Gasteiger partial charge in [0.2, 0.25) is 11.8 Å². The normalized spacial score (nSPS) is 11.6. The summed E-state index contributed by atoms with van der Waals surface area (Å²) in [6, 6.07) is 4.13. The molecule has 0 aliphatic rings. The predicted molar refractivity (Wildman–Crippen MR) is 73.5 cm³/mol. The molecule has 1 aromatic carbocycles. The molecule has 0 heterocycles. The van der Waals surface area contributed by atoms with Crippen molar-refractivity contribution in [3.8, 4) is 5.75 Å². The van der Waals surface area contributed by atoms with E-state index in [-0.39, 0.29) is 18.1 Å². The topological polar surface area (TPSA) is 98.5 Å². The number of hydrogen-bond donors (Lipinski definition) is 2. The van der Waals surface area contributed by atoms with Gasteiger partial charge in [-0.2, -0.15) is 0 Å². The minimum absolute atomic E-state index is 0.00190. The van der Waals surface area contributed by atoms with E-state index in [1.165, 1.54) is 21.0 Å². The third-order valence-electron chi connectivity index (χ3n) is 2.84. The summed E-state index contributed by atoms with van der Waals surface area (Å²) < 4.78 is 5.15. The van der Waals surface area contributed by atoms with Gasteiger partial charge in [0.1, 0.15) is 11.8 Å². The number of primary amides is 1. The van der Waals surface area contributed by atoms with E-state index in [1.54, 1.807) is 18.2 Å². The molecule has 0 saturated heterocycles. The van der Waals surface area contributed by atoms with Crippen LogP contribution in [-0.2, 0) is 16.0 Å². The van der Waals surface area contributed by atoms with Gasteiger partial charge in [-0.05, 0) is 32.0 Å². The molecule has 20 heavy (non-hydrogen) atoms. The molecule has 0 saturated carbocycles. The van der Waals surface area contributed by atoms with Crippen LogP contribution in [0.15, 0.2) is 18.2 Å². The number of Topliss-reactive ketones (excluding diaryl/α,β-unsaturated/α-hetero) is 1. The molecule has 1 rings (SSSR count). The molecule has 0 bridgehead atoms. The van der Waals surface area contributed by atoms with Crippen molar-refractivity contribution >= 4 is 17.6 Å². The van der Waals surface area contributed by atoms with Gasteiger partial charge in [0.05, 0.1) is 13.5 Å². The lowest BCUT2D eigenvalue weighted by Crippen LogP contribution is -2.42. The number of methoxy groups -OCH3 is 1. The molecule has 3 N–H and O–H groups in total. The number of carbonyl (C=O) groups is 3. The van der Waals surface area contributed by atoms with E-state index < -0.39 is 11.9 Å². The molecule has 0 aromatic heterocycles. The summed E-state index contributed by atoms with van der Waals surface area (Å²) in [5.41, 5.74) is 6.15. The average molecular weight is 278 g/mol. The zero-order chi connectivity index (χ0) is 15.3. The first-order chi connectivity index (χ1) is 9.35. The Balaban J connectivity index is 2.89. The fourth-order valence-corrected chi connectivity index (χ4v) is 1.67. The third-order valence-corrected chi connectivity index (χ3v) is 2.84. The van der Waals surface area contributed by atoms with Crippen LogP contribution in [0.4, 0.5) is 0 Å². The number of rotatable bonds is 6. The van der Waals surface area contributed by atoms with Crippen molar-refractivity contribution in [3.05, 3.63) is 29.3 Å². The molecule has 1 atom stereocenters. The molecule has 0 aliphatic heterocycles. The molecule has 1 aromatic rings. The number of ether oxygens (including phenoxy) is 1. The first-order valence-electron chi connectivity index (χ1n) is 6.11. The molecular formula is C14H18N2O4. The quantitative estimate of drug-likeness (QED) is 0.737. The van der Waals surface area contributed by atoms with Crippen LogP contribution in [0.1, 0.15) is 29.8 Å². The van der Waals surface area contributed by atoms with E-state index >= 15 is 0 Å². The lowest BCUT2D eigenvalue weighted by Gasteiger charge is -2.12. The summed E-state index contributed by atoms with van der Waals surface area (Å²) in [6.45, 7) is 2.95. The molecular weight excluding hydrogens is 260 g/mol. The lowest BCUT2D eigenvalue weighted by molar-refractivity contribution is -0.126. The van der Waals surface area contributed by atoms with E-state index in [0.29, 0.717) is 16.9 Å². The van der Waals surface area contributed by atoms with E-state index in [1.807, 2.05) is 0 Å². The van der Waals surface area contributed by atoms with Gasteiger partial charge in [-0.1, -0.05) is 0 Å². The van der Waals surface area contributed by atoms with E-state index in [2.05, 4.69) is 5.32 Å². The summed E-state index contributed by atoms with van der Waals surface area (Å²) in [5, 5.41) is 2.47. The fraction of sp³-hybridized carbons (Fsp3) is 0.357. The lowest BCUT2D eigenvalue weighted by atomic mass is 10.0. The third kappa shape index (κ3) is 4.08. The number of ketones is 1. The zero-order valence-corrected chi connectivity index (χ0v) is 11.7. The number of hydrogen-bond acceptors (Lipinski definition) is 4. The summed E-state index contributed by atoms with van der Waals surface area (Å²) in [6.07, 6.45) is 0.00190. The molecule has 0 aliphatic carbocycles. The highest BCUT2D eigenvalue weighted by Gasteiger charge is 2.15. The second kappa shape index (κ2) is 6.70. The van der Waals surface area contributed by atoms with E-state index in [9.17, 15) is 14.4 Å². The molecule has 0 radical (unpaired) electrons. The van der Waals surface area contributed by atoms with Crippen LogP contribution < -0.4 is 15.8 Å². The van der Waals surface area contributed by atoms with Crippen molar-refractivity contribution in [2.24, 2.45) is 5.73 Å². The van der Waals surface area contributed by atoms with Gasteiger partial charge in [0.15, 0.2) is 5.78 Å². The van der Waals surface area contributed by atoms with Crippen LogP contribution in [0.5, 0.6) is 5.75 Å². The first kappa shape index (κ1) is 15.7. The Kier molecular flexibility index (Phi) is 5.25. The molecule has 0 fully saturated rings. The molecule has 108 valence electrons. The Morgan fingerprint density at radius 2 is 2.00 bits per heavy atom. The van der Waals surface area contributed by atoms with Gasteiger partial charge < -0.3 is 15.8 Å². The van der Waals surface area contributed by atoms with Crippen LogP contribution >= 0.6 is 0 Å². The predicted octanol–water partition coefficient (Wildman–Crippen LogP) is 0.430. The summed E-state index contributed by atoms with van der Waals surface area (Å²) in [7, 11) is 1.48. The maximum Gasteiger partial charge on any atom is 0.239 e. The molecule has 2 amide bonds. The first-order valence-corrected chi connectivity index (χ1v) is 6.11. The largest absolute Gasteiger partial charge is 0.496 e. The Morgan fingerprint density at radius 3 is 2.50 bits per heavy atom. The van der Waals surface area contributed by atoms with Crippen LogP contribution in [0.2, 0.25) is 0 Å². The Morgan fingerprint density at radius 1 is 1.35 bits per heavy atom. The highest BCUT2D eigenvalue weighted by atomic mass is 16.5. The van der Waals surface area contributed by atoms with E-state index in [0.717, 1.165) is 0 Å². The van der Waals surface area contributed by atoms with Gasteiger partial charge in [-0.25, -0.2) is 0 Å². The van der Waals surface area contributed by atoms with Crippen LogP contribution in [0.25, 0.3) is 0 Å². The fourth-order valence-electron chi connectivity index (χ4n) is 1.67. The van der Waals surface area contributed by atoms with E-state index in [4.69, 9.17) is 10.5 Å². The number of carbonyl (C=O) groups excluding carboxylic acids is 3. The second-order valence-electron chi connectivity index (χ2n) is 4.45.